The Morgan fingerprint density at radius 3 is 2.82 bits per heavy atom. The molecule has 1 aromatic carbocycles. The summed E-state index contributed by atoms with van der Waals surface area (Å²) in [5.74, 6) is 0.608. The van der Waals surface area contributed by atoms with Gasteiger partial charge in [-0.3, -0.25) is 0 Å². The number of hydrogen-bond donors (Lipinski definition) is 2. The molecule has 0 saturated carbocycles. The quantitative estimate of drug-likeness (QED) is 0.833. The lowest BCUT2D eigenvalue weighted by atomic mass is 10.0. The van der Waals surface area contributed by atoms with Crippen LogP contribution >= 0.6 is 0 Å². The van der Waals surface area contributed by atoms with E-state index in [1.54, 1.807) is 0 Å². The molecule has 2 aliphatic heterocycles. The van der Waals surface area contributed by atoms with Gasteiger partial charge in [0, 0.05) is 30.1 Å². The lowest BCUT2D eigenvalue weighted by molar-refractivity contribution is -0.137. The first kappa shape index (κ1) is 18.8. The Morgan fingerprint density at radius 1 is 1.29 bits per heavy atom. The average molecular weight is 394 g/mol. The van der Waals surface area contributed by atoms with Gasteiger partial charge in [0.25, 0.3) is 0 Å². The highest BCUT2D eigenvalue weighted by Crippen LogP contribution is 2.43. The first-order valence-corrected chi connectivity index (χ1v) is 9.21. The minimum atomic E-state index is -4.53. The zero-order chi connectivity index (χ0) is 19.9. The van der Waals surface area contributed by atoms with Gasteiger partial charge >= 0.3 is 6.18 Å². The number of likely N-dealkylation sites (N-methyl/N-ethyl adjacent to an activating group) is 1. The Labute approximate surface area is 160 Å². The summed E-state index contributed by atoms with van der Waals surface area (Å²) in [6, 6.07) is 3.07. The van der Waals surface area contributed by atoms with Crippen LogP contribution in [0.1, 0.15) is 24.0 Å². The summed E-state index contributed by atoms with van der Waals surface area (Å²) in [6.45, 7) is 2.41. The van der Waals surface area contributed by atoms with Gasteiger partial charge in [-0.1, -0.05) is 0 Å². The van der Waals surface area contributed by atoms with Gasteiger partial charge < -0.3 is 20.1 Å². The molecule has 28 heavy (non-hydrogen) atoms. The summed E-state index contributed by atoms with van der Waals surface area (Å²) in [4.78, 5) is 2.25. The third-order valence-electron chi connectivity index (χ3n) is 5.17. The van der Waals surface area contributed by atoms with Crippen LogP contribution in [0, 0.1) is 0 Å². The SMILES string of the molecule is CN1CCC[C@@H](Nc2nnc(-c3ccc(C(F)(F)F)cc3O)c3c2CCO3)C1. The van der Waals surface area contributed by atoms with Crippen LogP contribution in [-0.4, -0.2) is 53.0 Å². The molecule has 0 amide bonds. The highest BCUT2D eigenvalue weighted by atomic mass is 19.4. The van der Waals surface area contributed by atoms with Gasteiger partial charge in [0.2, 0.25) is 0 Å². The Kier molecular flexibility index (Phi) is 4.78. The first-order chi connectivity index (χ1) is 13.3. The van der Waals surface area contributed by atoms with E-state index in [2.05, 4.69) is 27.5 Å². The van der Waals surface area contributed by atoms with Crippen LogP contribution in [0.3, 0.4) is 0 Å². The Balaban J connectivity index is 1.66. The smallest absolute Gasteiger partial charge is 0.416 e. The van der Waals surface area contributed by atoms with Crippen LogP contribution in [0.15, 0.2) is 18.2 Å². The van der Waals surface area contributed by atoms with E-state index in [9.17, 15) is 18.3 Å². The summed E-state index contributed by atoms with van der Waals surface area (Å²) in [5.41, 5.74) is 0.351. The molecule has 0 bridgehead atoms. The maximum atomic E-state index is 12.8. The van der Waals surface area contributed by atoms with E-state index in [1.165, 1.54) is 6.07 Å². The third-order valence-corrected chi connectivity index (χ3v) is 5.17. The predicted molar refractivity (Wildman–Crippen MR) is 97.5 cm³/mol. The molecular formula is C19H21F3N4O2. The molecule has 1 saturated heterocycles. The van der Waals surface area contributed by atoms with Gasteiger partial charge in [-0.2, -0.15) is 13.2 Å². The maximum absolute atomic E-state index is 12.8. The first-order valence-electron chi connectivity index (χ1n) is 9.21. The number of hydrogen-bond acceptors (Lipinski definition) is 6. The van der Waals surface area contributed by atoms with Crippen LogP contribution < -0.4 is 10.1 Å². The molecule has 2 aromatic rings. The third kappa shape index (κ3) is 3.58. The fourth-order valence-electron chi connectivity index (χ4n) is 3.78. The largest absolute Gasteiger partial charge is 0.507 e. The van der Waals surface area contributed by atoms with Crippen LogP contribution in [0.2, 0.25) is 0 Å². The number of piperidine rings is 1. The van der Waals surface area contributed by atoms with E-state index in [0.29, 0.717) is 30.7 Å². The van der Waals surface area contributed by atoms with Crippen molar-refractivity contribution in [1.29, 1.82) is 0 Å². The molecule has 9 heteroatoms. The second kappa shape index (κ2) is 7.12. The van der Waals surface area contributed by atoms with E-state index in [4.69, 9.17) is 4.74 Å². The highest BCUT2D eigenvalue weighted by Gasteiger charge is 2.32. The molecule has 3 heterocycles. The molecular weight excluding hydrogens is 373 g/mol. The van der Waals surface area contributed by atoms with Gasteiger partial charge in [-0.05, 0) is 44.6 Å². The molecule has 0 spiro atoms. The number of aromatic nitrogens is 2. The number of nitrogens with zero attached hydrogens (tertiary/aromatic N) is 3. The van der Waals surface area contributed by atoms with Crippen molar-refractivity contribution in [3.63, 3.8) is 0 Å². The Bertz CT molecular complexity index is 888. The number of ether oxygens (including phenoxy) is 1. The molecule has 0 radical (unpaired) electrons. The van der Waals surface area contributed by atoms with Crippen molar-refractivity contribution in [3.8, 4) is 22.8 Å². The number of benzene rings is 1. The number of halogens is 3. The minimum absolute atomic E-state index is 0.169. The standard InChI is InChI=1S/C19H21F3N4O2/c1-26-7-2-3-12(10-26)23-18-14-6-8-28-17(14)16(24-25-18)13-5-4-11(9-15(13)27)19(20,21)22/h4-5,9,12,27H,2-3,6-8,10H2,1H3,(H,23,25)/t12-/m1/s1. The number of alkyl halides is 3. The monoisotopic (exact) mass is 394 g/mol. The minimum Gasteiger partial charge on any atom is -0.507 e. The lowest BCUT2D eigenvalue weighted by Crippen LogP contribution is -2.40. The van der Waals surface area contributed by atoms with Crippen molar-refractivity contribution in [1.82, 2.24) is 15.1 Å². The van der Waals surface area contributed by atoms with E-state index in [0.717, 1.165) is 37.6 Å². The highest BCUT2D eigenvalue weighted by molar-refractivity contribution is 5.76. The molecule has 2 N–H and O–H groups in total. The van der Waals surface area contributed by atoms with Crippen molar-refractivity contribution in [2.45, 2.75) is 31.5 Å². The van der Waals surface area contributed by atoms with E-state index in [1.807, 2.05) is 0 Å². The molecule has 1 aromatic heterocycles. The molecule has 0 unspecified atom stereocenters. The van der Waals surface area contributed by atoms with Gasteiger partial charge in [0.05, 0.1) is 12.2 Å². The summed E-state index contributed by atoms with van der Waals surface area (Å²) in [7, 11) is 2.07. The van der Waals surface area contributed by atoms with Gasteiger partial charge in [-0.15, -0.1) is 10.2 Å². The van der Waals surface area contributed by atoms with Crippen molar-refractivity contribution in [2.75, 3.05) is 32.1 Å². The summed E-state index contributed by atoms with van der Waals surface area (Å²) in [5, 5.41) is 22.0. The maximum Gasteiger partial charge on any atom is 0.416 e. The molecule has 0 aliphatic carbocycles. The molecule has 6 nitrogen and oxygen atoms in total. The number of nitrogens with one attached hydrogen (secondary N) is 1. The van der Waals surface area contributed by atoms with E-state index < -0.39 is 17.5 Å². The zero-order valence-corrected chi connectivity index (χ0v) is 15.4. The summed E-state index contributed by atoms with van der Waals surface area (Å²) < 4.78 is 44.2. The lowest BCUT2D eigenvalue weighted by Gasteiger charge is -2.30. The Morgan fingerprint density at radius 2 is 2.11 bits per heavy atom. The number of anilines is 1. The fraction of sp³-hybridized carbons (Fsp3) is 0.474. The van der Waals surface area contributed by atoms with Gasteiger partial charge in [-0.25, -0.2) is 0 Å². The van der Waals surface area contributed by atoms with Crippen molar-refractivity contribution in [2.24, 2.45) is 0 Å². The molecule has 2 aliphatic rings. The van der Waals surface area contributed by atoms with Crippen LogP contribution in [0.25, 0.3) is 11.3 Å². The summed E-state index contributed by atoms with van der Waals surface area (Å²) >= 11 is 0. The van der Waals surface area contributed by atoms with Crippen LogP contribution in [0.5, 0.6) is 11.5 Å². The topological polar surface area (TPSA) is 70.5 Å². The molecule has 1 atom stereocenters. The number of fused-ring (bicyclic) bond motifs is 1. The number of phenolic OH excluding ortho intramolecular Hbond substituents is 1. The van der Waals surface area contributed by atoms with Gasteiger partial charge in [0.15, 0.2) is 11.6 Å². The van der Waals surface area contributed by atoms with Crippen molar-refractivity contribution >= 4 is 5.82 Å². The van der Waals surface area contributed by atoms with E-state index >= 15 is 0 Å². The molecule has 150 valence electrons. The number of aromatic hydroxyl groups is 1. The second-order valence-corrected chi connectivity index (χ2v) is 7.28. The average Bonchev–Trinajstić information content (AvgIpc) is 3.12. The van der Waals surface area contributed by atoms with E-state index in [-0.39, 0.29) is 17.3 Å². The predicted octanol–water partition coefficient (Wildman–Crippen LogP) is 3.31. The second-order valence-electron chi connectivity index (χ2n) is 7.28. The fourth-order valence-corrected chi connectivity index (χ4v) is 3.78. The van der Waals surface area contributed by atoms with Crippen LogP contribution in [0.4, 0.5) is 19.0 Å². The van der Waals surface area contributed by atoms with Crippen molar-refractivity contribution < 1.29 is 23.0 Å². The number of likely N-dealkylation sites (tertiary alicyclic amines) is 1. The van der Waals surface area contributed by atoms with Gasteiger partial charge in [0.1, 0.15) is 11.4 Å². The summed E-state index contributed by atoms with van der Waals surface area (Å²) in [6.07, 6.45) is -1.77. The normalized spacial score (nSPS) is 19.9. The molecule has 4 rings (SSSR count). The van der Waals surface area contributed by atoms with Crippen LogP contribution in [-0.2, 0) is 12.6 Å². The van der Waals surface area contributed by atoms with Crippen molar-refractivity contribution in [3.05, 3.63) is 29.3 Å². The number of phenols is 1. The number of rotatable bonds is 3. The zero-order valence-electron chi connectivity index (χ0n) is 15.4. The Hall–Kier alpha value is -2.55. The molecule has 1 fully saturated rings.